The Kier molecular flexibility index (Phi) is 9.66. The minimum Gasteiger partial charge on any atom is -0.344 e. The van der Waals surface area contributed by atoms with E-state index in [1.807, 2.05) is 73.9 Å². The molecule has 190 valence electrons. The highest BCUT2D eigenvalue weighted by Gasteiger charge is 2.30. The summed E-state index contributed by atoms with van der Waals surface area (Å²) in [4.78, 5) is 44.6. The van der Waals surface area contributed by atoms with Crippen LogP contribution in [-0.4, -0.2) is 84.3 Å². The van der Waals surface area contributed by atoms with E-state index in [9.17, 15) is 14.4 Å². The van der Waals surface area contributed by atoms with Crippen molar-refractivity contribution in [3.63, 3.8) is 0 Å². The molecule has 1 fully saturated rings. The Hall–Kier alpha value is -2.93. The van der Waals surface area contributed by atoms with Gasteiger partial charge in [-0.3, -0.25) is 19.3 Å². The molecule has 7 nitrogen and oxygen atoms in total. The van der Waals surface area contributed by atoms with Crippen LogP contribution in [0.1, 0.15) is 39.7 Å². The predicted octanol–water partition coefficient (Wildman–Crippen LogP) is 2.93. The van der Waals surface area contributed by atoms with Crippen molar-refractivity contribution in [3.05, 3.63) is 48.0 Å². The van der Waals surface area contributed by atoms with Gasteiger partial charge in [0.1, 0.15) is 6.04 Å². The average Bonchev–Trinajstić information content (AvgIpc) is 3.08. The van der Waals surface area contributed by atoms with E-state index >= 15 is 0 Å². The van der Waals surface area contributed by atoms with Crippen LogP contribution < -0.4 is 5.32 Å². The smallest absolute Gasteiger partial charge is 0.245 e. The zero-order valence-electron chi connectivity index (χ0n) is 21.6. The van der Waals surface area contributed by atoms with E-state index < -0.39 is 6.04 Å². The Morgan fingerprint density at radius 1 is 0.943 bits per heavy atom. The van der Waals surface area contributed by atoms with Crippen molar-refractivity contribution in [2.45, 2.75) is 46.6 Å². The number of hydrogen-bond donors (Lipinski definition) is 1. The van der Waals surface area contributed by atoms with E-state index in [1.54, 1.807) is 0 Å². The fourth-order valence-corrected chi connectivity index (χ4v) is 4.69. The third-order valence-electron chi connectivity index (χ3n) is 6.80. The largest absolute Gasteiger partial charge is 0.344 e. The van der Waals surface area contributed by atoms with Crippen molar-refractivity contribution in [3.8, 4) is 0 Å². The van der Waals surface area contributed by atoms with Gasteiger partial charge in [0, 0.05) is 39.3 Å². The highest BCUT2D eigenvalue weighted by molar-refractivity contribution is 5.90. The second kappa shape index (κ2) is 12.7. The van der Waals surface area contributed by atoms with Gasteiger partial charge in [0.05, 0.1) is 13.0 Å². The lowest BCUT2D eigenvalue weighted by Gasteiger charge is -2.29. The van der Waals surface area contributed by atoms with Gasteiger partial charge in [-0.05, 0) is 42.5 Å². The summed E-state index contributed by atoms with van der Waals surface area (Å²) < 4.78 is 0. The number of carbonyl (C=O) groups is 3. The van der Waals surface area contributed by atoms with E-state index in [4.69, 9.17) is 0 Å². The SMILES string of the molecule is CCN(CC)C(=O)CN1CCCN(C(=O)C(NC(=O)Cc2ccc3ccccc3c2)C(C)C)CC1. The van der Waals surface area contributed by atoms with Crippen LogP contribution in [0, 0.1) is 5.92 Å². The third-order valence-corrected chi connectivity index (χ3v) is 6.80. The number of benzene rings is 2. The monoisotopic (exact) mass is 480 g/mol. The Balaban J connectivity index is 1.58. The van der Waals surface area contributed by atoms with Crippen molar-refractivity contribution >= 4 is 28.5 Å². The molecule has 3 amide bonds. The molecule has 3 rings (SSSR count). The van der Waals surface area contributed by atoms with E-state index in [2.05, 4.69) is 16.3 Å². The molecule has 1 unspecified atom stereocenters. The zero-order valence-corrected chi connectivity index (χ0v) is 21.6. The van der Waals surface area contributed by atoms with E-state index in [-0.39, 0.29) is 30.1 Å². The van der Waals surface area contributed by atoms with Crippen LogP contribution >= 0.6 is 0 Å². The first kappa shape index (κ1) is 26.7. The quantitative estimate of drug-likeness (QED) is 0.599. The first-order valence-electron chi connectivity index (χ1n) is 12.9. The van der Waals surface area contributed by atoms with Gasteiger partial charge in [-0.15, -0.1) is 0 Å². The van der Waals surface area contributed by atoms with Crippen molar-refractivity contribution in [1.29, 1.82) is 0 Å². The maximum Gasteiger partial charge on any atom is 0.245 e. The number of fused-ring (bicyclic) bond motifs is 1. The number of nitrogens with one attached hydrogen (secondary N) is 1. The Morgan fingerprint density at radius 3 is 2.34 bits per heavy atom. The van der Waals surface area contributed by atoms with Crippen LogP contribution in [-0.2, 0) is 20.8 Å². The molecule has 1 heterocycles. The van der Waals surface area contributed by atoms with Gasteiger partial charge in [0.15, 0.2) is 0 Å². The van der Waals surface area contributed by atoms with Crippen LogP contribution in [0.2, 0.25) is 0 Å². The lowest BCUT2D eigenvalue weighted by Crippen LogP contribution is -2.52. The van der Waals surface area contributed by atoms with Gasteiger partial charge in [-0.1, -0.05) is 56.3 Å². The molecule has 1 aliphatic rings. The van der Waals surface area contributed by atoms with Crippen LogP contribution in [0.5, 0.6) is 0 Å². The van der Waals surface area contributed by atoms with Gasteiger partial charge < -0.3 is 15.1 Å². The van der Waals surface area contributed by atoms with Gasteiger partial charge in [-0.25, -0.2) is 0 Å². The molecule has 35 heavy (non-hydrogen) atoms. The number of rotatable bonds is 9. The Bertz CT molecular complexity index is 1020. The number of hydrogen-bond acceptors (Lipinski definition) is 4. The zero-order chi connectivity index (χ0) is 25.4. The van der Waals surface area contributed by atoms with Crippen LogP contribution in [0.3, 0.4) is 0 Å². The molecule has 0 saturated carbocycles. The number of nitrogens with zero attached hydrogens (tertiary/aromatic N) is 3. The minimum absolute atomic E-state index is 0.0216. The molecule has 0 aromatic heterocycles. The Morgan fingerprint density at radius 2 is 1.66 bits per heavy atom. The third kappa shape index (κ3) is 7.28. The summed E-state index contributed by atoms with van der Waals surface area (Å²) in [6.45, 7) is 12.4. The van der Waals surface area contributed by atoms with E-state index in [1.165, 1.54) is 0 Å². The first-order valence-corrected chi connectivity index (χ1v) is 12.9. The van der Waals surface area contributed by atoms with Crippen molar-refractivity contribution in [2.24, 2.45) is 5.92 Å². The first-order chi connectivity index (χ1) is 16.8. The summed E-state index contributed by atoms with van der Waals surface area (Å²) in [5, 5.41) is 5.24. The summed E-state index contributed by atoms with van der Waals surface area (Å²) in [5.74, 6) is -0.0696. The number of carbonyl (C=O) groups excluding carboxylic acids is 3. The van der Waals surface area contributed by atoms with Crippen LogP contribution in [0.4, 0.5) is 0 Å². The summed E-state index contributed by atoms with van der Waals surface area (Å²) in [7, 11) is 0. The molecule has 2 aromatic carbocycles. The van der Waals surface area contributed by atoms with Crippen molar-refractivity contribution < 1.29 is 14.4 Å². The van der Waals surface area contributed by atoms with Crippen LogP contribution in [0.25, 0.3) is 10.8 Å². The summed E-state index contributed by atoms with van der Waals surface area (Å²) in [6, 6.07) is 13.5. The van der Waals surface area contributed by atoms with E-state index in [0.717, 1.165) is 29.3 Å². The minimum atomic E-state index is -0.563. The standard InChI is InChI=1S/C28H40N4O3/c1-5-31(6-2)26(34)20-30-14-9-15-32(17-16-30)28(35)27(21(3)4)29-25(33)19-22-12-13-23-10-7-8-11-24(23)18-22/h7-8,10-13,18,21,27H,5-6,9,14-17,19-20H2,1-4H3,(H,29,33). The topological polar surface area (TPSA) is 73.0 Å². The molecule has 1 atom stereocenters. The van der Waals surface area contributed by atoms with Gasteiger partial charge in [0.2, 0.25) is 17.7 Å². The second-order valence-corrected chi connectivity index (χ2v) is 9.67. The summed E-state index contributed by atoms with van der Waals surface area (Å²) in [5.41, 5.74) is 0.930. The van der Waals surface area contributed by atoms with E-state index in [0.29, 0.717) is 39.3 Å². The molecule has 2 aromatic rings. The van der Waals surface area contributed by atoms with Gasteiger partial charge in [-0.2, -0.15) is 0 Å². The fraction of sp³-hybridized carbons (Fsp3) is 0.536. The molecule has 0 aliphatic carbocycles. The number of likely N-dealkylation sites (N-methyl/N-ethyl adjacent to an activating group) is 1. The number of amides is 3. The van der Waals surface area contributed by atoms with Gasteiger partial charge >= 0.3 is 0 Å². The highest BCUT2D eigenvalue weighted by Crippen LogP contribution is 2.16. The highest BCUT2D eigenvalue weighted by atomic mass is 16.2. The molecule has 0 radical (unpaired) electrons. The maximum absolute atomic E-state index is 13.4. The predicted molar refractivity (Wildman–Crippen MR) is 140 cm³/mol. The Labute approximate surface area is 209 Å². The van der Waals surface area contributed by atoms with Crippen molar-refractivity contribution in [1.82, 2.24) is 20.0 Å². The molecule has 0 bridgehead atoms. The maximum atomic E-state index is 13.4. The average molecular weight is 481 g/mol. The molecular weight excluding hydrogens is 440 g/mol. The second-order valence-electron chi connectivity index (χ2n) is 9.67. The fourth-order valence-electron chi connectivity index (χ4n) is 4.69. The van der Waals surface area contributed by atoms with Crippen LogP contribution in [0.15, 0.2) is 42.5 Å². The van der Waals surface area contributed by atoms with Gasteiger partial charge in [0.25, 0.3) is 0 Å². The lowest BCUT2D eigenvalue weighted by atomic mass is 10.0. The molecule has 7 heteroatoms. The summed E-state index contributed by atoms with van der Waals surface area (Å²) >= 11 is 0. The molecule has 1 aliphatic heterocycles. The molecule has 1 N–H and O–H groups in total. The molecule has 1 saturated heterocycles. The lowest BCUT2D eigenvalue weighted by molar-refractivity contribution is -0.137. The summed E-state index contributed by atoms with van der Waals surface area (Å²) in [6.07, 6.45) is 1.05. The molecular formula is C28H40N4O3. The normalized spacial score (nSPS) is 15.6. The molecule has 0 spiro atoms. The van der Waals surface area contributed by atoms with Crippen molar-refractivity contribution in [2.75, 3.05) is 45.8 Å².